The van der Waals surface area contributed by atoms with Gasteiger partial charge in [-0.25, -0.2) is 4.98 Å². The van der Waals surface area contributed by atoms with Gasteiger partial charge >= 0.3 is 11.7 Å². The minimum absolute atomic E-state index is 0.0119. The molecule has 1 heterocycles. The van der Waals surface area contributed by atoms with Crippen molar-refractivity contribution in [3.8, 4) is 0 Å². The van der Waals surface area contributed by atoms with Gasteiger partial charge in [0.05, 0.1) is 16.9 Å². The first-order valence-corrected chi connectivity index (χ1v) is 7.84. The molecule has 1 fully saturated rings. The molecule has 8 nitrogen and oxygen atoms in total. The number of halogens is 1. The predicted molar refractivity (Wildman–Crippen MR) is 84.3 cm³/mol. The van der Waals surface area contributed by atoms with E-state index in [4.69, 9.17) is 16.3 Å². The lowest BCUT2D eigenvalue weighted by Crippen LogP contribution is -2.38. The Balaban J connectivity index is 2.03. The first-order chi connectivity index (χ1) is 10.9. The van der Waals surface area contributed by atoms with E-state index in [0.29, 0.717) is 32.3 Å². The van der Waals surface area contributed by atoms with Crippen LogP contribution in [0.15, 0.2) is 6.20 Å². The average molecular weight is 343 g/mol. The molecule has 1 aromatic heterocycles. The SMILES string of the molecule is CCOC(=O)[C@]1(C)CC[C@@H](Nc2nc(Cl)ncc2[N+](=O)[O-])CC1. The topological polar surface area (TPSA) is 107 Å². The fraction of sp³-hybridized carbons (Fsp3) is 0.643. The maximum atomic E-state index is 12.0. The van der Waals surface area contributed by atoms with Crippen LogP contribution in [0.5, 0.6) is 0 Å². The van der Waals surface area contributed by atoms with Crippen molar-refractivity contribution in [1.82, 2.24) is 9.97 Å². The van der Waals surface area contributed by atoms with Crippen molar-refractivity contribution in [3.05, 3.63) is 21.6 Å². The summed E-state index contributed by atoms with van der Waals surface area (Å²) in [5.41, 5.74) is -0.711. The van der Waals surface area contributed by atoms with Crippen molar-refractivity contribution < 1.29 is 14.5 Å². The molecule has 1 aliphatic carbocycles. The summed E-state index contributed by atoms with van der Waals surface area (Å²) in [5, 5.41) is 14.0. The van der Waals surface area contributed by atoms with Gasteiger partial charge in [-0.1, -0.05) is 0 Å². The van der Waals surface area contributed by atoms with Gasteiger partial charge in [0.15, 0.2) is 0 Å². The molecule has 0 amide bonds. The lowest BCUT2D eigenvalue weighted by molar-refractivity contribution is -0.384. The zero-order chi connectivity index (χ0) is 17.0. The van der Waals surface area contributed by atoms with Crippen LogP contribution in [0, 0.1) is 15.5 Å². The molecule has 0 spiro atoms. The highest BCUT2D eigenvalue weighted by molar-refractivity contribution is 6.28. The highest BCUT2D eigenvalue weighted by atomic mass is 35.5. The number of carbonyl (C=O) groups is 1. The minimum Gasteiger partial charge on any atom is -0.466 e. The number of aromatic nitrogens is 2. The van der Waals surface area contributed by atoms with Crippen molar-refractivity contribution in [1.29, 1.82) is 0 Å². The molecular weight excluding hydrogens is 324 g/mol. The van der Waals surface area contributed by atoms with Gasteiger partial charge < -0.3 is 10.1 Å². The number of ether oxygens (including phenoxy) is 1. The van der Waals surface area contributed by atoms with Gasteiger partial charge in [-0.2, -0.15) is 4.98 Å². The molecule has 1 aliphatic rings. The number of hydrogen-bond donors (Lipinski definition) is 1. The van der Waals surface area contributed by atoms with Crippen LogP contribution in [-0.4, -0.2) is 33.5 Å². The molecule has 1 N–H and O–H groups in total. The summed E-state index contributed by atoms with van der Waals surface area (Å²) in [6, 6.07) is -0.0119. The molecule has 2 rings (SSSR count). The largest absolute Gasteiger partial charge is 0.466 e. The second-order valence-corrected chi connectivity index (χ2v) is 6.17. The summed E-state index contributed by atoms with van der Waals surface area (Å²) in [6.07, 6.45) is 3.76. The fourth-order valence-electron chi connectivity index (χ4n) is 2.70. The molecule has 23 heavy (non-hydrogen) atoms. The lowest BCUT2D eigenvalue weighted by Gasteiger charge is -2.35. The average Bonchev–Trinajstić information content (AvgIpc) is 2.50. The molecule has 0 atom stereocenters. The second kappa shape index (κ2) is 7.08. The Morgan fingerprint density at radius 3 is 2.78 bits per heavy atom. The number of hydrogen-bond acceptors (Lipinski definition) is 7. The van der Waals surface area contributed by atoms with Crippen LogP contribution in [0.4, 0.5) is 11.5 Å². The maximum Gasteiger partial charge on any atom is 0.329 e. The Morgan fingerprint density at radius 2 is 2.22 bits per heavy atom. The van der Waals surface area contributed by atoms with Crippen LogP contribution in [0.2, 0.25) is 5.28 Å². The molecule has 0 radical (unpaired) electrons. The summed E-state index contributed by atoms with van der Waals surface area (Å²) in [4.78, 5) is 30.0. The summed E-state index contributed by atoms with van der Waals surface area (Å²) in [5.74, 6) is -0.0748. The highest BCUT2D eigenvalue weighted by Gasteiger charge is 2.39. The summed E-state index contributed by atoms with van der Waals surface area (Å²) < 4.78 is 5.12. The number of nitrogens with zero attached hydrogens (tertiary/aromatic N) is 3. The molecule has 9 heteroatoms. The maximum absolute atomic E-state index is 12.0. The molecule has 0 bridgehead atoms. The Labute approximate surface area is 138 Å². The van der Waals surface area contributed by atoms with Crippen LogP contribution in [0.25, 0.3) is 0 Å². The van der Waals surface area contributed by atoms with Crippen molar-refractivity contribution in [2.45, 2.75) is 45.6 Å². The molecule has 1 saturated carbocycles. The number of carbonyl (C=O) groups excluding carboxylic acids is 1. The summed E-state index contributed by atoms with van der Waals surface area (Å²) in [6.45, 7) is 4.04. The first kappa shape index (κ1) is 17.4. The highest BCUT2D eigenvalue weighted by Crippen LogP contribution is 2.38. The zero-order valence-electron chi connectivity index (χ0n) is 13.0. The van der Waals surface area contributed by atoms with E-state index in [9.17, 15) is 14.9 Å². The van der Waals surface area contributed by atoms with Gasteiger partial charge in [0, 0.05) is 6.04 Å². The first-order valence-electron chi connectivity index (χ1n) is 7.46. The van der Waals surface area contributed by atoms with Gasteiger partial charge in [0.25, 0.3) is 0 Å². The number of anilines is 1. The van der Waals surface area contributed by atoms with E-state index >= 15 is 0 Å². The smallest absolute Gasteiger partial charge is 0.329 e. The van der Waals surface area contributed by atoms with Crippen molar-refractivity contribution in [2.24, 2.45) is 5.41 Å². The van der Waals surface area contributed by atoms with Crippen molar-refractivity contribution in [3.63, 3.8) is 0 Å². The van der Waals surface area contributed by atoms with Crippen LogP contribution in [0.3, 0.4) is 0 Å². The third-order valence-electron chi connectivity index (χ3n) is 4.13. The van der Waals surface area contributed by atoms with Gasteiger partial charge in [0.2, 0.25) is 11.1 Å². The van der Waals surface area contributed by atoms with Gasteiger partial charge in [-0.15, -0.1) is 0 Å². The third kappa shape index (κ3) is 4.07. The standard InChI is InChI=1S/C14H19ClN4O4/c1-3-23-12(20)14(2)6-4-9(5-7-14)17-11-10(19(21)22)8-16-13(15)18-11/h8-9H,3-7H2,1-2H3,(H,16,17,18)/t9-,14-. The van der Waals surface area contributed by atoms with E-state index in [0.717, 1.165) is 6.20 Å². The van der Waals surface area contributed by atoms with Crippen LogP contribution in [0.1, 0.15) is 39.5 Å². The van der Waals surface area contributed by atoms with Crippen molar-refractivity contribution >= 4 is 29.1 Å². The number of esters is 1. The summed E-state index contributed by atoms with van der Waals surface area (Å²) >= 11 is 5.71. The van der Waals surface area contributed by atoms with E-state index in [1.54, 1.807) is 6.92 Å². The lowest BCUT2D eigenvalue weighted by atomic mass is 9.74. The van der Waals surface area contributed by atoms with E-state index < -0.39 is 10.3 Å². The molecule has 1 aromatic rings. The zero-order valence-corrected chi connectivity index (χ0v) is 13.8. The van der Waals surface area contributed by atoms with E-state index in [2.05, 4.69) is 15.3 Å². The van der Waals surface area contributed by atoms with Gasteiger partial charge in [-0.05, 0) is 51.1 Å². The third-order valence-corrected chi connectivity index (χ3v) is 4.32. The minimum atomic E-state index is -0.551. The summed E-state index contributed by atoms with van der Waals surface area (Å²) in [7, 11) is 0. The molecule has 126 valence electrons. The predicted octanol–water partition coefficient (Wildman–Crippen LogP) is 2.96. The van der Waals surface area contributed by atoms with E-state index in [-0.39, 0.29) is 28.8 Å². The molecule has 0 saturated heterocycles. The fourth-order valence-corrected chi connectivity index (χ4v) is 2.83. The normalized spacial score (nSPS) is 24.0. The molecule has 0 unspecified atom stereocenters. The second-order valence-electron chi connectivity index (χ2n) is 5.83. The van der Waals surface area contributed by atoms with Gasteiger partial charge in [0.1, 0.15) is 6.20 Å². The van der Waals surface area contributed by atoms with E-state index in [1.165, 1.54) is 0 Å². The molecule has 0 aromatic carbocycles. The Kier molecular flexibility index (Phi) is 5.35. The monoisotopic (exact) mass is 342 g/mol. The van der Waals surface area contributed by atoms with Crippen LogP contribution in [-0.2, 0) is 9.53 Å². The van der Waals surface area contributed by atoms with E-state index in [1.807, 2.05) is 6.92 Å². The number of rotatable bonds is 5. The molecule has 0 aliphatic heterocycles. The Bertz CT molecular complexity index is 602. The van der Waals surface area contributed by atoms with Crippen LogP contribution >= 0.6 is 11.6 Å². The number of nitro groups is 1. The van der Waals surface area contributed by atoms with Crippen LogP contribution < -0.4 is 5.32 Å². The number of nitrogens with one attached hydrogen (secondary N) is 1. The Morgan fingerprint density at radius 1 is 1.57 bits per heavy atom. The van der Waals surface area contributed by atoms with Gasteiger partial charge in [-0.3, -0.25) is 14.9 Å². The molecular formula is C14H19ClN4O4. The Hall–Kier alpha value is -1.96. The quantitative estimate of drug-likeness (QED) is 0.379. The van der Waals surface area contributed by atoms with Crippen molar-refractivity contribution in [2.75, 3.05) is 11.9 Å².